The monoisotopic (exact) mass is 411 g/mol. The summed E-state index contributed by atoms with van der Waals surface area (Å²) in [5, 5.41) is 0. The van der Waals surface area contributed by atoms with Crippen molar-refractivity contribution in [3.63, 3.8) is 0 Å². The number of hydrogen-bond donors (Lipinski definition) is 1. The Hall–Kier alpha value is 0.730. The summed E-state index contributed by atoms with van der Waals surface area (Å²) in [4.78, 5) is 0. The Morgan fingerprint density at radius 2 is 0.957 bits per heavy atom. The van der Waals surface area contributed by atoms with Crippen LogP contribution in [0.5, 0.6) is 0 Å². The van der Waals surface area contributed by atoms with E-state index in [1.54, 1.807) is 0 Å². The van der Waals surface area contributed by atoms with Gasteiger partial charge in [0.2, 0.25) is 0 Å². The minimum absolute atomic E-state index is 0. The van der Waals surface area contributed by atoms with Gasteiger partial charge in [0.15, 0.2) is 0 Å². The van der Waals surface area contributed by atoms with Gasteiger partial charge in [-0.15, -0.1) is 28.6 Å². The van der Waals surface area contributed by atoms with Gasteiger partial charge in [-0.2, -0.15) is 0 Å². The molecule has 0 aromatic rings. The lowest BCUT2D eigenvalue weighted by Crippen LogP contribution is -2.39. The van der Waals surface area contributed by atoms with Crippen molar-refractivity contribution in [2.75, 3.05) is 5.88 Å². The predicted molar refractivity (Wildman–Crippen MR) is 113 cm³/mol. The summed E-state index contributed by atoms with van der Waals surface area (Å²) < 4.78 is 0. The Bertz CT molecular complexity index is 208. The second-order valence-corrected chi connectivity index (χ2v) is 7.57. The molecular formula is C20H43BrClN. The Kier molecular flexibility index (Phi) is 21.5. The fourth-order valence-corrected chi connectivity index (χ4v) is 3.44. The van der Waals surface area contributed by atoms with Gasteiger partial charge in [0, 0.05) is 11.4 Å². The van der Waals surface area contributed by atoms with E-state index in [1.807, 2.05) is 0 Å². The highest BCUT2D eigenvalue weighted by Gasteiger charge is 2.23. The Labute approximate surface area is 162 Å². The van der Waals surface area contributed by atoms with Crippen molar-refractivity contribution >= 4 is 28.6 Å². The first kappa shape index (κ1) is 26.0. The fraction of sp³-hybridized carbons (Fsp3) is 1.00. The number of alkyl halides is 1. The third kappa shape index (κ3) is 17.3. The normalized spacial score (nSPS) is 11.5. The first-order valence-corrected chi connectivity index (χ1v) is 10.6. The largest absolute Gasteiger partial charge is 0.325 e. The fourth-order valence-electron chi connectivity index (χ4n) is 3.31. The summed E-state index contributed by atoms with van der Waals surface area (Å²) >= 11 is 5.89. The van der Waals surface area contributed by atoms with Crippen LogP contribution < -0.4 is 5.73 Å². The molecule has 0 saturated carbocycles. The highest BCUT2D eigenvalue weighted by molar-refractivity contribution is 8.93. The first-order chi connectivity index (χ1) is 10.7. The van der Waals surface area contributed by atoms with Crippen LogP contribution in [-0.4, -0.2) is 11.4 Å². The first-order valence-electron chi connectivity index (χ1n) is 10.0. The molecule has 1 nitrogen and oxygen atoms in total. The summed E-state index contributed by atoms with van der Waals surface area (Å²) in [7, 11) is 0. The average molecular weight is 413 g/mol. The standard InChI is InChI=1S/C20H42ClN.BrH/c1-3-5-7-9-11-13-16-20(22,18-15-19-21)17-14-12-10-8-6-4-2;/h3-19,22H2,1-2H3;1H. The summed E-state index contributed by atoms with van der Waals surface area (Å²) in [6.45, 7) is 4.55. The van der Waals surface area contributed by atoms with Crippen LogP contribution in [0.25, 0.3) is 0 Å². The molecule has 0 aliphatic heterocycles. The molecule has 0 aromatic carbocycles. The van der Waals surface area contributed by atoms with Crippen molar-refractivity contribution in [2.45, 2.75) is 122 Å². The van der Waals surface area contributed by atoms with E-state index in [2.05, 4.69) is 13.8 Å². The molecular weight excluding hydrogens is 370 g/mol. The molecule has 0 bridgehead atoms. The molecule has 0 aromatic heterocycles. The topological polar surface area (TPSA) is 26.0 Å². The van der Waals surface area contributed by atoms with Crippen molar-refractivity contribution in [2.24, 2.45) is 5.73 Å². The summed E-state index contributed by atoms with van der Waals surface area (Å²) in [5.74, 6) is 0.756. The molecule has 0 aliphatic rings. The molecule has 0 amide bonds. The number of halogens is 2. The van der Waals surface area contributed by atoms with Gasteiger partial charge >= 0.3 is 0 Å². The van der Waals surface area contributed by atoms with E-state index >= 15 is 0 Å². The van der Waals surface area contributed by atoms with Crippen molar-refractivity contribution < 1.29 is 0 Å². The maximum atomic E-state index is 6.71. The average Bonchev–Trinajstić information content (AvgIpc) is 2.52. The molecule has 0 rings (SSSR count). The quantitative estimate of drug-likeness (QED) is 0.191. The molecule has 0 fully saturated rings. The highest BCUT2D eigenvalue weighted by Crippen LogP contribution is 2.26. The lowest BCUT2D eigenvalue weighted by Gasteiger charge is -2.30. The van der Waals surface area contributed by atoms with Gasteiger partial charge in [-0.1, -0.05) is 90.9 Å². The van der Waals surface area contributed by atoms with Gasteiger partial charge in [0.25, 0.3) is 0 Å². The van der Waals surface area contributed by atoms with Crippen LogP contribution in [0.15, 0.2) is 0 Å². The molecule has 0 heterocycles. The molecule has 0 aliphatic carbocycles. The molecule has 3 heteroatoms. The lowest BCUT2D eigenvalue weighted by atomic mass is 9.83. The maximum Gasteiger partial charge on any atom is 0.0224 e. The number of unbranched alkanes of at least 4 members (excludes halogenated alkanes) is 10. The van der Waals surface area contributed by atoms with Crippen LogP contribution in [0.2, 0.25) is 0 Å². The smallest absolute Gasteiger partial charge is 0.0224 e. The van der Waals surface area contributed by atoms with E-state index < -0.39 is 0 Å². The minimum atomic E-state index is 0. The van der Waals surface area contributed by atoms with Crippen molar-refractivity contribution in [3.8, 4) is 0 Å². The zero-order valence-electron chi connectivity index (χ0n) is 15.9. The van der Waals surface area contributed by atoms with Crippen molar-refractivity contribution in [1.29, 1.82) is 0 Å². The van der Waals surface area contributed by atoms with Crippen LogP contribution in [0.4, 0.5) is 0 Å². The van der Waals surface area contributed by atoms with E-state index in [4.69, 9.17) is 17.3 Å². The molecule has 2 N–H and O–H groups in total. The van der Waals surface area contributed by atoms with Gasteiger partial charge < -0.3 is 5.73 Å². The number of nitrogens with two attached hydrogens (primary N) is 1. The summed E-state index contributed by atoms with van der Waals surface area (Å²) in [6.07, 6.45) is 20.9. The second kappa shape index (κ2) is 19.1. The lowest BCUT2D eigenvalue weighted by molar-refractivity contribution is 0.311. The van der Waals surface area contributed by atoms with Gasteiger partial charge in [-0.05, 0) is 25.7 Å². The van der Waals surface area contributed by atoms with Crippen LogP contribution in [0, 0.1) is 0 Å². The van der Waals surface area contributed by atoms with Crippen LogP contribution in [0.3, 0.4) is 0 Å². The zero-order valence-corrected chi connectivity index (χ0v) is 18.4. The van der Waals surface area contributed by atoms with Crippen molar-refractivity contribution in [3.05, 3.63) is 0 Å². The van der Waals surface area contributed by atoms with E-state index in [0.29, 0.717) is 0 Å². The zero-order chi connectivity index (χ0) is 16.5. The number of hydrogen-bond acceptors (Lipinski definition) is 1. The third-order valence-electron chi connectivity index (χ3n) is 4.86. The van der Waals surface area contributed by atoms with E-state index in [9.17, 15) is 0 Å². The molecule has 142 valence electrons. The third-order valence-corrected chi connectivity index (χ3v) is 5.13. The Morgan fingerprint density at radius 1 is 0.609 bits per heavy atom. The molecule has 0 saturated heterocycles. The van der Waals surface area contributed by atoms with Crippen LogP contribution >= 0.6 is 28.6 Å². The number of rotatable bonds is 17. The molecule has 0 spiro atoms. The van der Waals surface area contributed by atoms with E-state index in [-0.39, 0.29) is 22.5 Å². The SMILES string of the molecule is Br.CCCCCCCCC(N)(CCCCl)CCCCCCCC. The molecule has 0 radical (unpaired) electrons. The van der Waals surface area contributed by atoms with Crippen LogP contribution in [-0.2, 0) is 0 Å². The minimum Gasteiger partial charge on any atom is -0.325 e. The maximum absolute atomic E-state index is 6.71. The highest BCUT2D eigenvalue weighted by atomic mass is 79.9. The molecule has 23 heavy (non-hydrogen) atoms. The predicted octanol–water partition coefficient (Wildman–Crippen LogP) is 7.78. The van der Waals surface area contributed by atoms with Gasteiger partial charge in [0.1, 0.15) is 0 Å². The molecule has 0 atom stereocenters. The van der Waals surface area contributed by atoms with E-state index in [1.165, 1.54) is 89.9 Å². The van der Waals surface area contributed by atoms with E-state index in [0.717, 1.165) is 18.7 Å². The van der Waals surface area contributed by atoms with Crippen molar-refractivity contribution in [1.82, 2.24) is 0 Å². The van der Waals surface area contributed by atoms with Gasteiger partial charge in [0.05, 0.1) is 0 Å². The summed E-state index contributed by atoms with van der Waals surface area (Å²) in [5.41, 5.74) is 6.77. The summed E-state index contributed by atoms with van der Waals surface area (Å²) in [6, 6.07) is 0. The Morgan fingerprint density at radius 3 is 1.35 bits per heavy atom. The molecule has 0 unspecified atom stereocenters. The van der Waals surface area contributed by atoms with Gasteiger partial charge in [-0.25, -0.2) is 0 Å². The second-order valence-electron chi connectivity index (χ2n) is 7.19. The van der Waals surface area contributed by atoms with Gasteiger partial charge in [-0.3, -0.25) is 0 Å². The Balaban J connectivity index is 0. The van der Waals surface area contributed by atoms with Crippen LogP contribution in [0.1, 0.15) is 117 Å².